The topological polar surface area (TPSA) is 49.8 Å². The number of phenols is 1. The maximum atomic E-state index is 12.6. The minimum Gasteiger partial charge on any atom is -0.508 e. The maximum Gasteiger partial charge on any atom is 0.410 e. The number of piperidine rings is 1. The molecule has 1 aromatic rings. The first kappa shape index (κ1) is 16.2. The number of carbonyl (C=O) groups is 1. The van der Waals surface area contributed by atoms with E-state index in [0.29, 0.717) is 18.2 Å². The number of hydrogen-bond donors (Lipinski definition) is 1. The molecule has 23 heavy (non-hydrogen) atoms. The van der Waals surface area contributed by atoms with Crippen molar-refractivity contribution in [1.82, 2.24) is 4.90 Å². The Morgan fingerprint density at radius 3 is 2.74 bits per heavy atom. The molecular formula is C19H27NO3. The quantitative estimate of drug-likeness (QED) is 0.790. The van der Waals surface area contributed by atoms with Crippen molar-refractivity contribution >= 4 is 6.09 Å². The number of fused-ring (bicyclic) bond motifs is 4. The molecule has 0 aromatic heterocycles. The van der Waals surface area contributed by atoms with Crippen molar-refractivity contribution < 1.29 is 14.6 Å². The van der Waals surface area contributed by atoms with E-state index in [2.05, 4.69) is 13.8 Å². The zero-order chi connectivity index (χ0) is 17.0. The lowest BCUT2D eigenvalue weighted by Crippen LogP contribution is -2.60. The third kappa shape index (κ3) is 2.68. The summed E-state index contributed by atoms with van der Waals surface area (Å²) in [6.07, 6.45) is 1.50. The molecule has 3 atom stereocenters. The number of ether oxygens (including phenoxy) is 1. The second-order valence-electron chi connectivity index (χ2n) is 8.24. The summed E-state index contributed by atoms with van der Waals surface area (Å²) < 4.78 is 5.60. The lowest BCUT2D eigenvalue weighted by Gasteiger charge is -2.54. The van der Waals surface area contributed by atoms with Gasteiger partial charge in [-0.15, -0.1) is 0 Å². The molecule has 1 heterocycles. The minimum atomic E-state index is -0.473. The summed E-state index contributed by atoms with van der Waals surface area (Å²) in [5, 5.41) is 9.87. The number of nitrogens with zero attached hydrogens (tertiary/aromatic N) is 1. The summed E-state index contributed by atoms with van der Waals surface area (Å²) in [6.45, 7) is 10.9. The fourth-order valence-corrected chi connectivity index (χ4v) is 4.15. The van der Waals surface area contributed by atoms with E-state index in [1.165, 1.54) is 11.1 Å². The Kier molecular flexibility index (Phi) is 3.62. The summed E-state index contributed by atoms with van der Waals surface area (Å²) in [4.78, 5) is 14.5. The van der Waals surface area contributed by atoms with Crippen LogP contribution in [0.15, 0.2) is 18.2 Å². The summed E-state index contributed by atoms with van der Waals surface area (Å²) in [5.41, 5.74) is 2.00. The van der Waals surface area contributed by atoms with Crippen LogP contribution in [-0.2, 0) is 16.6 Å². The van der Waals surface area contributed by atoms with Crippen molar-refractivity contribution in [1.29, 1.82) is 0 Å². The largest absolute Gasteiger partial charge is 0.508 e. The number of aromatic hydroxyl groups is 1. The number of amides is 1. The highest BCUT2D eigenvalue weighted by atomic mass is 16.6. The number of phenolic OH excluding ortho intramolecular Hbond substituents is 1. The smallest absolute Gasteiger partial charge is 0.410 e. The van der Waals surface area contributed by atoms with Crippen LogP contribution in [0, 0.1) is 5.92 Å². The minimum absolute atomic E-state index is 0.00446. The predicted octanol–water partition coefficient (Wildman–Crippen LogP) is 3.85. The third-order valence-electron chi connectivity index (χ3n) is 5.62. The molecule has 0 saturated carbocycles. The first-order chi connectivity index (χ1) is 10.6. The fourth-order valence-electron chi connectivity index (χ4n) is 4.15. The fraction of sp³-hybridized carbons (Fsp3) is 0.632. The van der Waals surface area contributed by atoms with Crippen LogP contribution in [0.2, 0.25) is 0 Å². The van der Waals surface area contributed by atoms with E-state index in [0.717, 1.165) is 12.8 Å². The van der Waals surface area contributed by atoms with Gasteiger partial charge in [-0.3, -0.25) is 0 Å². The molecular weight excluding hydrogens is 290 g/mol. The van der Waals surface area contributed by atoms with E-state index in [4.69, 9.17) is 4.74 Å². The van der Waals surface area contributed by atoms with Gasteiger partial charge in [-0.25, -0.2) is 4.79 Å². The normalized spacial score (nSPS) is 29.9. The summed E-state index contributed by atoms with van der Waals surface area (Å²) in [6, 6.07) is 5.80. The van der Waals surface area contributed by atoms with Crippen LogP contribution in [0.25, 0.3) is 0 Å². The monoisotopic (exact) mass is 317 g/mol. The van der Waals surface area contributed by atoms with E-state index in [1.54, 1.807) is 6.07 Å². The van der Waals surface area contributed by atoms with Crippen LogP contribution < -0.4 is 0 Å². The zero-order valence-corrected chi connectivity index (χ0v) is 14.7. The number of benzene rings is 1. The van der Waals surface area contributed by atoms with Crippen LogP contribution in [0.4, 0.5) is 4.79 Å². The first-order valence-electron chi connectivity index (χ1n) is 8.44. The van der Waals surface area contributed by atoms with Crippen molar-refractivity contribution in [3.05, 3.63) is 29.3 Å². The van der Waals surface area contributed by atoms with Gasteiger partial charge in [0.15, 0.2) is 0 Å². The molecule has 1 aromatic carbocycles. The van der Waals surface area contributed by atoms with Crippen molar-refractivity contribution in [3.8, 4) is 5.75 Å². The van der Waals surface area contributed by atoms with Gasteiger partial charge < -0.3 is 14.7 Å². The van der Waals surface area contributed by atoms with Crippen molar-refractivity contribution in [3.63, 3.8) is 0 Å². The Morgan fingerprint density at radius 2 is 2.09 bits per heavy atom. The molecule has 1 unspecified atom stereocenters. The average Bonchev–Trinajstić information content (AvgIpc) is 2.42. The highest BCUT2D eigenvalue weighted by molar-refractivity contribution is 5.69. The van der Waals surface area contributed by atoms with Gasteiger partial charge in [-0.1, -0.05) is 19.9 Å². The van der Waals surface area contributed by atoms with E-state index >= 15 is 0 Å². The molecule has 126 valence electrons. The highest BCUT2D eigenvalue weighted by Gasteiger charge is 2.50. The predicted molar refractivity (Wildman–Crippen MR) is 89.7 cm³/mol. The van der Waals surface area contributed by atoms with E-state index < -0.39 is 5.60 Å². The Hall–Kier alpha value is -1.71. The molecule has 3 rings (SSSR count). The summed E-state index contributed by atoms with van der Waals surface area (Å²) in [7, 11) is 0. The van der Waals surface area contributed by atoms with Crippen molar-refractivity contribution in [2.45, 2.75) is 64.5 Å². The number of rotatable bonds is 0. The van der Waals surface area contributed by atoms with Crippen molar-refractivity contribution in [2.75, 3.05) is 6.54 Å². The van der Waals surface area contributed by atoms with Crippen LogP contribution in [0.5, 0.6) is 5.75 Å². The van der Waals surface area contributed by atoms with Gasteiger partial charge in [0, 0.05) is 12.6 Å². The van der Waals surface area contributed by atoms with E-state index in [1.807, 2.05) is 37.8 Å². The standard InChI is InChI=1S/C19H27NO3/c1-12-16-10-13-6-7-14(21)11-15(13)19(12,5)8-9-20(16)17(22)23-18(2,3)4/h6-7,11-12,16,21H,8-10H2,1-5H3/t12-,16+,19?/m0/s1. The number of hydrogen-bond acceptors (Lipinski definition) is 3. The first-order valence-corrected chi connectivity index (χ1v) is 8.44. The zero-order valence-electron chi connectivity index (χ0n) is 14.7. The van der Waals surface area contributed by atoms with Gasteiger partial charge >= 0.3 is 6.09 Å². The summed E-state index contributed by atoms with van der Waals surface area (Å²) in [5.74, 6) is 0.656. The Morgan fingerprint density at radius 1 is 1.39 bits per heavy atom. The SMILES string of the molecule is C[C@H]1[C@H]2Cc3ccc(O)cc3C1(C)CCN2C(=O)OC(C)(C)C. The Bertz CT molecular complexity index is 634. The van der Waals surface area contributed by atoms with Gasteiger partial charge in [-0.05, 0) is 68.2 Å². The maximum absolute atomic E-state index is 12.6. The molecule has 2 aliphatic rings. The second kappa shape index (κ2) is 5.15. The summed E-state index contributed by atoms with van der Waals surface area (Å²) >= 11 is 0. The van der Waals surface area contributed by atoms with Crippen LogP contribution in [0.3, 0.4) is 0 Å². The van der Waals surface area contributed by atoms with Crippen molar-refractivity contribution in [2.24, 2.45) is 5.92 Å². The van der Waals surface area contributed by atoms with Gasteiger partial charge in [0.25, 0.3) is 0 Å². The average molecular weight is 317 g/mol. The Labute approximate surface area is 138 Å². The van der Waals surface area contributed by atoms with Gasteiger partial charge in [0.1, 0.15) is 11.4 Å². The molecule has 1 saturated heterocycles. The van der Waals surface area contributed by atoms with Crippen LogP contribution in [0.1, 0.15) is 52.2 Å². The third-order valence-corrected chi connectivity index (χ3v) is 5.62. The molecule has 1 N–H and O–H groups in total. The molecule has 1 aliphatic carbocycles. The van der Waals surface area contributed by atoms with Crippen LogP contribution >= 0.6 is 0 Å². The van der Waals surface area contributed by atoms with Gasteiger partial charge in [-0.2, -0.15) is 0 Å². The second-order valence-corrected chi connectivity index (χ2v) is 8.24. The molecule has 1 fully saturated rings. The lowest BCUT2D eigenvalue weighted by molar-refractivity contribution is -0.0165. The molecule has 1 amide bonds. The van der Waals surface area contributed by atoms with Crippen LogP contribution in [-0.4, -0.2) is 34.3 Å². The number of likely N-dealkylation sites (tertiary alicyclic amines) is 1. The molecule has 2 bridgehead atoms. The molecule has 0 radical (unpaired) electrons. The lowest BCUT2D eigenvalue weighted by atomic mass is 9.59. The van der Waals surface area contributed by atoms with Gasteiger partial charge in [0.05, 0.1) is 0 Å². The Balaban J connectivity index is 1.94. The van der Waals surface area contributed by atoms with E-state index in [9.17, 15) is 9.90 Å². The number of carbonyl (C=O) groups excluding carboxylic acids is 1. The molecule has 1 aliphatic heterocycles. The molecule has 4 heteroatoms. The van der Waals surface area contributed by atoms with E-state index in [-0.39, 0.29) is 17.6 Å². The highest BCUT2D eigenvalue weighted by Crippen LogP contribution is 2.49. The van der Waals surface area contributed by atoms with Gasteiger partial charge in [0.2, 0.25) is 0 Å². The molecule has 0 spiro atoms. The molecule has 4 nitrogen and oxygen atoms in total.